The molecule has 1 aromatic heterocycles. The smallest absolute Gasteiger partial charge is 0.306 e. The molecule has 0 radical (unpaired) electrons. The van der Waals surface area contributed by atoms with Crippen molar-refractivity contribution in [3.8, 4) is 5.75 Å². The monoisotopic (exact) mass is 346 g/mol. The van der Waals surface area contributed by atoms with Gasteiger partial charge in [0, 0.05) is 17.7 Å². The standard InChI is InChI=1S/C18H22N2O5/c1-11-16(12(2)25-20-11)9-10-17(21)24-13(3)18(22)19-14-5-7-15(23-4)8-6-14/h5-8,13H,9-10H2,1-4H3,(H,19,22)/t13-/m0/s1. The van der Waals surface area contributed by atoms with Crippen LogP contribution in [0.5, 0.6) is 5.75 Å². The molecule has 134 valence electrons. The summed E-state index contributed by atoms with van der Waals surface area (Å²) in [5.41, 5.74) is 2.26. The van der Waals surface area contributed by atoms with Crippen molar-refractivity contribution in [2.75, 3.05) is 12.4 Å². The Kier molecular flexibility index (Phi) is 6.16. The van der Waals surface area contributed by atoms with Gasteiger partial charge < -0.3 is 19.3 Å². The number of hydrogen-bond donors (Lipinski definition) is 1. The summed E-state index contributed by atoms with van der Waals surface area (Å²) in [4.78, 5) is 24.0. The minimum Gasteiger partial charge on any atom is -0.497 e. The molecular weight excluding hydrogens is 324 g/mol. The molecule has 1 N–H and O–H groups in total. The van der Waals surface area contributed by atoms with Crippen LogP contribution in [0.2, 0.25) is 0 Å². The largest absolute Gasteiger partial charge is 0.497 e. The van der Waals surface area contributed by atoms with E-state index in [0.29, 0.717) is 23.6 Å². The highest BCUT2D eigenvalue weighted by atomic mass is 16.5. The first-order chi connectivity index (χ1) is 11.9. The van der Waals surface area contributed by atoms with Crippen LogP contribution in [-0.4, -0.2) is 30.2 Å². The predicted molar refractivity (Wildman–Crippen MR) is 91.5 cm³/mol. The molecule has 1 amide bonds. The summed E-state index contributed by atoms with van der Waals surface area (Å²) < 4.78 is 15.3. The second-order valence-electron chi connectivity index (χ2n) is 5.65. The first-order valence-electron chi connectivity index (χ1n) is 7.97. The molecule has 25 heavy (non-hydrogen) atoms. The van der Waals surface area contributed by atoms with Gasteiger partial charge in [-0.05, 0) is 51.5 Å². The highest BCUT2D eigenvalue weighted by Gasteiger charge is 2.19. The van der Waals surface area contributed by atoms with Crippen molar-refractivity contribution in [1.82, 2.24) is 5.16 Å². The summed E-state index contributed by atoms with van der Waals surface area (Å²) >= 11 is 0. The van der Waals surface area contributed by atoms with Crippen LogP contribution in [0.1, 0.15) is 30.4 Å². The van der Waals surface area contributed by atoms with Gasteiger partial charge in [0.25, 0.3) is 5.91 Å². The molecule has 7 nitrogen and oxygen atoms in total. The van der Waals surface area contributed by atoms with Gasteiger partial charge in [-0.15, -0.1) is 0 Å². The summed E-state index contributed by atoms with van der Waals surface area (Å²) in [7, 11) is 1.57. The first-order valence-corrected chi connectivity index (χ1v) is 7.97. The SMILES string of the molecule is COc1ccc(NC(=O)[C@H](C)OC(=O)CCc2c(C)noc2C)cc1. The average molecular weight is 346 g/mol. The average Bonchev–Trinajstić information content (AvgIpc) is 2.91. The van der Waals surface area contributed by atoms with Crippen LogP contribution in [0.25, 0.3) is 0 Å². The molecular formula is C18H22N2O5. The Labute approximate surface area is 146 Å². The summed E-state index contributed by atoms with van der Waals surface area (Å²) in [6.45, 7) is 5.15. The number of ether oxygens (including phenoxy) is 2. The topological polar surface area (TPSA) is 90.7 Å². The van der Waals surface area contributed by atoms with Crippen molar-refractivity contribution in [3.05, 3.63) is 41.3 Å². The molecule has 2 rings (SSSR count). The van der Waals surface area contributed by atoms with Gasteiger partial charge in [-0.1, -0.05) is 5.16 Å². The van der Waals surface area contributed by atoms with Crippen molar-refractivity contribution < 1.29 is 23.6 Å². The maximum Gasteiger partial charge on any atom is 0.306 e. The fraction of sp³-hybridized carbons (Fsp3) is 0.389. The van der Waals surface area contributed by atoms with Crippen molar-refractivity contribution in [1.29, 1.82) is 0 Å². The fourth-order valence-electron chi connectivity index (χ4n) is 2.31. The Morgan fingerprint density at radius 2 is 1.92 bits per heavy atom. The quantitative estimate of drug-likeness (QED) is 0.775. The van der Waals surface area contributed by atoms with Crippen molar-refractivity contribution >= 4 is 17.6 Å². The van der Waals surface area contributed by atoms with Gasteiger partial charge in [0.1, 0.15) is 11.5 Å². The van der Waals surface area contributed by atoms with Gasteiger partial charge >= 0.3 is 5.97 Å². The van der Waals surface area contributed by atoms with E-state index in [-0.39, 0.29) is 6.42 Å². The number of anilines is 1. The fourth-order valence-corrected chi connectivity index (χ4v) is 2.31. The predicted octanol–water partition coefficient (Wildman–Crippen LogP) is 2.80. The number of carbonyl (C=O) groups is 2. The number of amides is 1. The normalized spacial score (nSPS) is 11.7. The summed E-state index contributed by atoms with van der Waals surface area (Å²) in [5, 5.41) is 6.53. The molecule has 0 saturated carbocycles. The number of nitrogens with zero attached hydrogens (tertiary/aromatic N) is 1. The third-order valence-corrected chi connectivity index (χ3v) is 3.80. The maximum absolute atomic E-state index is 12.1. The number of esters is 1. The zero-order chi connectivity index (χ0) is 18.4. The molecule has 0 bridgehead atoms. The lowest BCUT2D eigenvalue weighted by Crippen LogP contribution is -2.30. The number of aryl methyl sites for hydroxylation is 2. The van der Waals surface area contributed by atoms with Crippen LogP contribution < -0.4 is 10.1 Å². The third-order valence-electron chi connectivity index (χ3n) is 3.80. The highest BCUT2D eigenvalue weighted by Crippen LogP contribution is 2.16. The second-order valence-corrected chi connectivity index (χ2v) is 5.65. The summed E-state index contributed by atoms with van der Waals surface area (Å²) in [6.07, 6.45) is -0.269. The highest BCUT2D eigenvalue weighted by molar-refractivity contribution is 5.95. The molecule has 1 aromatic carbocycles. The molecule has 2 aromatic rings. The van der Waals surface area contributed by atoms with Gasteiger partial charge in [0.15, 0.2) is 6.10 Å². The third kappa shape index (κ3) is 5.07. The molecule has 0 saturated heterocycles. The van der Waals surface area contributed by atoms with E-state index in [0.717, 1.165) is 11.3 Å². The number of carbonyl (C=O) groups excluding carboxylic acids is 2. The van der Waals surface area contributed by atoms with Crippen molar-refractivity contribution in [2.45, 2.75) is 39.7 Å². The van der Waals surface area contributed by atoms with Crippen molar-refractivity contribution in [3.63, 3.8) is 0 Å². The Morgan fingerprint density at radius 1 is 1.24 bits per heavy atom. The lowest BCUT2D eigenvalue weighted by atomic mass is 10.1. The van der Waals surface area contributed by atoms with Crippen LogP contribution in [0.3, 0.4) is 0 Å². The molecule has 1 atom stereocenters. The van der Waals surface area contributed by atoms with Crippen LogP contribution in [0, 0.1) is 13.8 Å². The molecule has 0 aliphatic rings. The van der Waals surface area contributed by atoms with E-state index in [1.807, 2.05) is 6.92 Å². The van der Waals surface area contributed by atoms with Gasteiger partial charge in [-0.3, -0.25) is 9.59 Å². The van der Waals surface area contributed by atoms with Crippen molar-refractivity contribution in [2.24, 2.45) is 0 Å². The van der Waals surface area contributed by atoms with E-state index >= 15 is 0 Å². The minimum atomic E-state index is -0.890. The number of nitrogens with one attached hydrogen (secondary N) is 1. The number of hydrogen-bond acceptors (Lipinski definition) is 6. The zero-order valence-electron chi connectivity index (χ0n) is 14.8. The molecule has 7 heteroatoms. The van der Waals surface area contributed by atoms with Crippen LogP contribution in [0.4, 0.5) is 5.69 Å². The Hall–Kier alpha value is -2.83. The zero-order valence-corrected chi connectivity index (χ0v) is 14.8. The van der Waals surface area contributed by atoms with E-state index in [2.05, 4.69) is 10.5 Å². The molecule has 0 aliphatic carbocycles. The Balaban J connectivity index is 1.82. The second kappa shape index (κ2) is 8.32. The van der Waals surface area contributed by atoms with E-state index < -0.39 is 18.0 Å². The number of rotatable bonds is 7. The van der Waals surface area contributed by atoms with Crippen LogP contribution in [-0.2, 0) is 20.7 Å². The van der Waals surface area contributed by atoms with Gasteiger partial charge in [0.05, 0.1) is 12.8 Å². The first kappa shape index (κ1) is 18.5. The van der Waals surface area contributed by atoms with E-state index in [1.54, 1.807) is 38.3 Å². The van der Waals surface area contributed by atoms with E-state index in [1.165, 1.54) is 6.92 Å². The molecule has 0 spiro atoms. The summed E-state index contributed by atoms with van der Waals surface area (Å²) in [6, 6.07) is 6.89. The summed E-state index contributed by atoms with van der Waals surface area (Å²) in [5.74, 6) is 0.542. The van der Waals surface area contributed by atoms with E-state index in [4.69, 9.17) is 14.0 Å². The lowest BCUT2D eigenvalue weighted by Gasteiger charge is -2.13. The molecule has 1 heterocycles. The van der Waals surface area contributed by atoms with E-state index in [9.17, 15) is 9.59 Å². The number of methoxy groups -OCH3 is 1. The molecule has 0 aliphatic heterocycles. The Morgan fingerprint density at radius 3 is 2.48 bits per heavy atom. The van der Waals surface area contributed by atoms with Gasteiger partial charge in [-0.2, -0.15) is 0 Å². The Bertz CT molecular complexity index is 717. The van der Waals surface area contributed by atoms with Gasteiger partial charge in [0.2, 0.25) is 0 Å². The van der Waals surface area contributed by atoms with Crippen LogP contribution >= 0.6 is 0 Å². The number of aromatic nitrogens is 1. The van der Waals surface area contributed by atoms with Gasteiger partial charge in [-0.25, -0.2) is 0 Å². The lowest BCUT2D eigenvalue weighted by molar-refractivity contribution is -0.153. The maximum atomic E-state index is 12.1. The van der Waals surface area contributed by atoms with Crippen LogP contribution in [0.15, 0.2) is 28.8 Å². The number of benzene rings is 1. The molecule has 0 fully saturated rings. The molecule has 0 unspecified atom stereocenters. The minimum absolute atomic E-state index is 0.156.